The molecule has 0 amide bonds. The Bertz CT molecular complexity index is 2800. The number of H-pyrrole nitrogens is 2. The van der Waals surface area contributed by atoms with Crippen molar-refractivity contribution in [3.63, 3.8) is 0 Å². The van der Waals surface area contributed by atoms with E-state index >= 15 is 0 Å². The topological polar surface area (TPSA) is 51.0 Å². The van der Waals surface area contributed by atoms with E-state index in [0.717, 1.165) is 78.2 Å². The lowest BCUT2D eigenvalue weighted by molar-refractivity contribution is 1.29. The van der Waals surface area contributed by atoms with Crippen LogP contribution in [0, 0.1) is 0 Å². The Morgan fingerprint density at radius 1 is 0.327 bits per heavy atom. The Morgan fingerprint density at radius 3 is 1.38 bits per heavy atom. The minimum absolute atomic E-state index is 0.876. The third kappa shape index (κ3) is 5.15. The smallest absolute Gasteiger partial charge is 0.138 e. The number of pyridine rings is 1. The molecule has 5 heteroatoms. The number of aromatic nitrogens is 3. The molecule has 7 aromatic carbocycles. The number of anilines is 6. The number of benzene rings is 7. The monoisotopic (exact) mass is 667 g/mol. The average molecular weight is 668 g/mol. The molecular formula is C47H33N5. The molecule has 0 saturated carbocycles. The zero-order valence-corrected chi connectivity index (χ0v) is 28.2. The second kappa shape index (κ2) is 12.3. The zero-order valence-electron chi connectivity index (χ0n) is 28.2. The van der Waals surface area contributed by atoms with Crippen molar-refractivity contribution in [1.82, 2.24) is 15.0 Å². The summed E-state index contributed by atoms with van der Waals surface area (Å²) < 4.78 is 0. The molecule has 0 bridgehead atoms. The van der Waals surface area contributed by atoms with Crippen LogP contribution in [0.1, 0.15) is 0 Å². The number of aromatic amines is 2. The van der Waals surface area contributed by atoms with Gasteiger partial charge in [0.25, 0.3) is 0 Å². The highest BCUT2D eigenvalue weighted by Crippen LogP contribution is 2.40. The summed E-state index contributed by atoms with van der Waals surface area (Å²) >= 11 is 0. The van der Waals surface area contributed by atoms with Crippen molar-refractivity contribution in [2.75, 3.05) is 9.80 Å². The molecule has 0 unspecified atom stereocenters. The molecule has 0 aliphatic heterocycles. The highest BCUT2D eigenvalue weighted by molar-refractivity contribution is 6.10. The summed E-state index contributed by atoms with van der Waals surface area (Å²) in [5.74, 6) is 0. The van der Waals surface area contributed by atoms with Gasteiger partial charge in [0, 0.05) is 84.0 Å². The molecule has 0 aliphatic rings. The molecule has 5 nitrogen and oxygen atoms in total. The van der Waals surface area contributed by atoms with Crippen LogP contribution in [0.4, 0.5) is 34.1 Å². The summed E-state index contributed by atoms with van der Waals surface area (Å²) in [6.45, 7) is 0. The van der Waals surface area contributed by atoms with Gasteiger partial charge in [-0.2, -0.15) is 0 Å². The summed E-state index contributed by atoms with van der Waals surface area (Å²) in [5, 5.41) is 4.67. The van der Waals surface area contributed by atoms with Crippen molar-refractivity contribution in [2.24, 2.45) is 0 Å². The van der Waals surface area contributed by atoms with E-state index in [1.165, 1.54) is 10.8 Å². The summed E-state index contributed by atoms with van der Waals surface area (Å²) in [7, 11) is 0. The number of hydrogen-bond acceptors (Lipinski definition) is 3. The van der Waals surface area contributed by atoms with E-state index in [1.807, 2.05) is 6.20 Å². The van der Waals surface area contributed by atoms with Crippen LogP contribution in [-0.2, 0) is 0 Å². The molecular weight excluding hydrogens is 635 g/mol. The Hall–Kier alpha value is -7.11. The van der Waals surface area contributed by atoms with Crippen LogP contribution < -0.4 is 9.80 Å². The first-order valence-electron chi connectivity index (χ1n) is 17.5. The molecule has 0 fully saturated rings. The van der Waals surface area contributed by atoms with E-state index in [2.05, 4.69) is 202 Å². The minimum atomic E-state index is 0.876. The van der Waals surface area contributed by atoms with Gasteiger partial charge in [-0.25, -0.2) is 4.98 Å². The number of nitrogens with one attached hydrogen (secondary N) is 2. The van der Waals surface area contributed by atoms with Gasteiger partial charge in [-0.3, -0.25) is 0 Å². The van der Waals surface area contributed by atoms with Crippen LogP contribution in [-0.4, -0.2) is 15.0 Å². The zero-order chi connectivity index (χ0) is 34.4. The second-order valence-electron chi connectivity index (χ2n) is 13.1. The van der Waals surface area contributed by atoms with E-state index < -0.39 is 0 Å². The van der Waals surface area contributed by atoms with Crippen LogP contribution in [0.25, 0.3) is 54.9 Å². The molecule has 0 radical (unpaired) electrons. The first-order chi connectivity index (χ1) is 25.8. The van der Waals surface area contributed by atoms with Crippen molar-refractivity contribution in [2.45, 2.75) is 0 Å². The molecule has 3 heterocycles. The first-order valence-corrected chi connectivity index (χ1v) is 17.5. The Morgan fingerprint density at radius 2 is 0.788 bits per heavy atom. The number of hydrogen-bond donors (Lipinski definition) is 2. The lowest BCUT2D eigenvalue weighted by atomic mass is 10.0. The van der Waals surface area contributed by atoms with Gasteiger partial charge in [-0.15, -0.1) is 0 Å². The Labute approximate surface area is 301 Å². The average Bonchev–Trinajstić information content (AvgIpc) is 3.77. The molecule has 246 valence electrons. The number of para-hydroxylation sites is 4. The maximum absolute atomic E-state index is 4.90. The highest BCUT2D eigenvalue weighted by atomic mass is 15.1. The van der Waals surface area contributed by atoms with E-state index in [9.17, 15) is 0 Å². The maximum Gasteiger partial charge on any atom is 0.138 e. The van der Waals surface area contributed by atoms with Crippen LogP contribution in [0.5, 0.6) is 0 Å². The van der Waals surface area contributed by atoms with Crippen LogP contribution >= 0.6 is 0 Å². The van der Waals surface area contributed by atoms with Gasteiger partial charge in [0.05, 0.1) is 0 Å². The molecule has 0 saturated heterocycles. The number of nitrogens with zero attached hydrogens (tertiary/aromatic N) is 3. The van der Waals surface area contributed by atoms with Gasteiger partial charge in [-0.05, 0) is 103 Å². The lowest BCUT2D eigenvalue weighted by Crippen LogP contribution is -2.09. The fourth-order valence-corrected chi connectivity index (χ4v) is 7.46. The molecule has 2 N–H and O–H groups in total. The molecule has 10 rings (SSSR count). The fourth-order valence-electron chi connectivity index (χ4n) is 7.46. The standard InChI is InChI=1S/C47H33N5/c1-4-12-34(13-5-1)51(35-14-6-2-7-15-35)39-25-27-46-42(30-39)43-28-33(31-48-47(43)50-46)32-20-22-37(23-21-32)52(36-16-8-3-9-17-36)38-24-26-45-41(29-38)40-18-10-11-19-44(40)49-45/h1-31,49H,(H,48,50). The summed E-state index contributed by atoms with van der Waals surface area (Å²) in [6, 6.07) is 64.4. The van der Waals surface area contributed by atoms with E-state index in [4.69, 9.17) is 4.98 Å². The maximum atomic E-state index is 4.90. The van der Waals surface area contributed by atoms with E-state index in [0.29, 0.717) is 0 Å². The number of rotatable bonds is 7. The molecule has 0 aliphatic carbocycles. The normalized spacial score (nSPS) is 11.5. The SMILES string of the molecule is c1ccc(N(c2ccc(-c3cnc4[nH]c5ccc(N(c6ccccc6)c6ccccc6)cc5c4c3)cc2)c2ccc3[nH]c4ccccc4c3c2)cc1. The molecule has 52 heavy (non-hydrogen) atoms. The van der Waals surface area contributed by atoms with Crippen molar-refractivity contribution in [1.29, 1.82) is 0 Å². The lowest BCUT2D eigenvalue weighted by Gasteiger charge is -2.26. The highest BCUT2D eigenvalue weighted by Gasteiger charge is 2.17. The van der Waals surface area contributed by atoms with Gasteiger partial charge in [0.15, 0.2) is 0 Å². The van der Waals surface area contributed by atoms with Crippen molar-refractivity contribution in [3.8, 4) is 11.1 Å². The second-order valence-corrected chi connectivity index (χ2v) is 13.1. The van der Waals surface area contributed by atoms with Crippen LogP contribution in [0.3, 0.4) is 0 Å². The third-order valence-electron chi connectivity index (χ3n) is 9.94. The predicted molar refractivity (Wildman–Crippen MR) is 218 cm³/mol. The quantitative estimate of drug-likeness (QED) is 0.178. The first kappa shape index (κ1) is 29.8. The van der Waals surface area contributed by atoms with Gasteiger partial charge < -0.3 is 19.8 Å². The summed E-state index contributed by atoms with van der Waals surface area (Å²) in [5.41, 5.74) is 13.0. The van der Waals surface area contributed by atoms with Gasteiger partial charge in [0.1, 0.15) is 5.65 Å². The van der Waals surface area contributed by atoms with Crippen LogP contribution in [0.2, 0.25) is 0 Å². The van der Waals surface area contributed by atoms with Crippen LogP contribution in [0.15, 0.2) is 188 Å². The Kier molecular flexibility index (Phi) is 7.07. The largest absolute Gasteiger partial charge is 0.355 e. The minimum Gasteiger partial charge on any atom is -0.355 e. The molecule has 10 aromatic rings. The van der Waals surface area contributed by atoms with Gasteiger partial charge in [0.2, 0.25) is 0 Å². The van der Waals surface area contributed by atoms with Gasteiger partial charge in [-0.1, -0.05) is 84.9 Å². The number of fused-ring (bicyclic) bond motifs is 6. The van der Waals surface area contributed by atoms with E-state index in [-0.39, 0.29) is 0 Å². The molecule has 3 aromatic heterocycles. The summed E-state index contributed by atoms with van der Waals surface area (Å²) in [6.07, 6.45) is 1.97. The Balaban J connectivity index is 1.04. The van der Waals surface area contributed by atoms with Crippen molar-refractivity contribution in [3.05, 3.63) is 188 Å². The molecule has 0 spiro atoms. The predicted octanol–water partition coefficient (Wildman–Crippen LogP) is 13.0. The van der Waals surface area contributed by atoms with Gasteiger partial charge >= 0.3 is 0 Å². The summed E-state index contributed by atoms with van der Waals surface area (Å²) in [4.78, 5) is 16.6. The van der Waals surface area contributed by atoms with Crippen molar-refractivity contribution < 1.29 is 0 Å². The fraction of sp³-hybridized carbons (Fsp3) is 0. The third-order valence-corrected chi connectivity index (χ3v) is 9.94. The van der Waals surface area contributed by atoms with E-state index in [1.54, 1.807) is 0 Å². The van der Waals surface area contributed by atoms with Crippen molar-refractivity contribution >= 4 is 77.9 Å². The molecule has 0 atom stereocenters.